The third kappa shape index (κ3) is 2.98. The maximum Gasteiger partial charge on any atom is 0.0699 e. The van der Waals surface area contributed by atoms with Gasteiger partial charge >= 0.3 is 0 Å². The number of rotatable bonds is 3. The van der Waals surface area contributed by atoms with E-state index in [0.717, 1.165) is 5.56 Å². The van der Waals surface area contributed by atoms with Gasteiger partial charge in [0.15, 0.2) is 0 Å². The molecule has 0 N–H and O–H groups in total. The minimum Gasteiger partial charge on any atom is -0.378 e. The van der Waals surface area contributed by atoms with E-state index < -0.39 is 0 Å². The summed E-state index contributed by atoms with van der Waals surface area (Å²) >= 11 is 0. The van der Waals surface area contributed by atoms with Crippen LogP contribution in [0.5, 0.6) is 0 Å². The molecular formula is C18H19N. The highest BCUT2D eigenvalue weighted by Crippen LogP contribution is 2.25. The van der Waals surface area contributed by atoms with Crippen molar-refractivity contribution in [2.24, 2.45) is 0 Å². The molecule has 0 radical (unpaired) electrons. The Balaban J connectivity index is 2.32. The van der Waals surface area contributed by atoms with Gasteiger partial charge in [-0.1, -0.05) is 47.9 Å². The highest BCUT2D eigenvalue weighted by molar-refractivity contribution is 5.49. The summed E-state index contributed by atoms with van der Waals surface area (Å²) in [4.78, 5) is 2.08. The zero-order valence-corrected chi connectivity index (χ0v) is 11.7. The van der Waals surface area contributed by atoms with Crippen molar-refractivity contribution in [3.8, 4) is 12.3 Å². The average molecular weight is 249 g/mol. The largest absolute Gasteiger partial charge is 0.378 e. The van der Waals surface area contributed by atoms with E-state index >= 15 is 0 Å². The standard InChI is InChI=1S/C18H19N/c1-5-18(15-8-6-14(2)7-9-15)16-10-12-17(13-11-16)19(3)4/h1,6-13,18H,2-4H3. The molecule has 2 aromatic carbocycles. The van der Waals surface area contributed by atoms with Crippen LogP contribution in [0.3, 0.4) is 0 Å². The normalized spacial score (nSPS) is 11.7. The predicted molar refractivity (Wildman–Crippen MR) is 82.6 cm³/mol. The monoisotopic (exact) mass is 249 g/mol. The highest BCUT2D eigenvalue weighted by atomic mass is 15.1. The molecule has 0 aromatic heterocycles. The highest BCUT2D eigenvalue weighted by Gasteiger charge is 2.11. The Morgan fingerprint density at radius 2 is 1.37 bits per heavy atom. The van der Waals surface area contributed by atoms with Gasteiger partial charge in [0, 0.05) is 19.8 Å². The van der Waals surface area contributed by atoms with E-state index in [2.05, 4.69) is 66.3 Å². The first-order valence-electron chi connectivity index (χ1n) is 6.42. The fraction of sp³-hybridized carbons (Fsp3) is 0.222. The molecule has 19 heavy (non-hydrogen) atoms. The number of aryl methyl sites for hydroxylation is 1. The quantitative estimate of drug-likeness (QED) is 0.747. The van der Waals surface area contributed by atoms with Crippen molar-refractivity contribution in [1.29, 1.82) is 0 Å². The van der Waals surface area contributed by atoms with E-state index in [1.54, 1.807) is 0 Å². The molecule has 0 saturated heterocycles. The van der Waals surface area contributed by atoms with Crippen LogP contribution in [0, 0.1) is 19.3 Å². The zero-order chi connectivity index (χ0) is 13.8. The minimum atomic E-state index is 0.0248. The Labute approximate surface area is 115 Å². The second-order valence-corrected chi connectivity index (χ2v) is 5.00. The average Bonchev–Trinajstić information content (AvgIpc) is 2.42. The van der Waals surface area contributed by atoms with E-state index in [1.165, 1.54) is 16.8 Å². The Hall–Kier alpha value is -2.20. The van der Waals surface area contributed by atoms with Crippen LogP contribution in [-0.4, -0.2) is 14.1 Å². The molecule has 0 amide bonds. The molecule has 0 heterocycles. The number of hydrogen-bond donors (Lipinski definition) is 0. The third-order valence-electron chi connectivity index (χ3n) is 3.32. The van der Waals surface area contributed by atoms with Gasteiger partial charge < -0.3 is 4.90 Å². The number of nitrogens with zero attached hydrogens (tertiary/aromatic N) is 1. The van der Waals surface area contributed by atoms with Gasteiger partial charge in [-0.2, -0.15) is 0 Å². The molecule has 2 aromatic rings. The van der Waals surface area contributed by atoms with Crippen molar-refractivity contribution < 1.29 is 0 Å². The second-order valence-electron chi connectivity index (χ2n) is 5.00. The lowest BCUT2D eigenvalue weighted by molar-refractivity contribution is 1.05. The van der Waals surface area contributed by atoms with Crippen LogP contribution in [0.2, 0.25) is 0 Å². The van der Waals surface area contributed by atoms with E-state index in [1.807, 2.05) is 14.1 Å². The summed E-state index contributed by atoms with van der Waals surface area (Å²) in [6, 6.07) is 16.9. The first kappa shape index (κ1) is 13.2. The number of terminal acetylenes is 1. The van der Waals surface area contributed by atoms with Crippen LogP contribution in [0.25, 0.3) is 0 Å². The first-order valence-corrected chi connectivity index (χ1v) is 6.42. The molecule has 1 unspecified atom stereocenters. The molecule has 1 atom stereocenters. The molecule has 1 nitrogen and oxygen atoms in total. The van der Waals surface area contributed by atoms with E-state index in [4.69, 9.17) is 6.42 Å². The molecule has 2 rings (SSSR count). The van der Waals surface area contributed by atoms with Crippen molar-refractivity contribution in [3.63, 3.8) is 0 Å². The molecule has 0 bridgehead atoms. The van der Waals surface area contributed by atoms with Crippen LogP contribution >= 0.6 is 0 Å². The van der Waals surface area contributed by atoms with Crippen LogP contribution < -0.4 is 4.90 Å². The summed E-state index contributed by atoms with van der Waals surface area (Å²) in [6.45, 7) is 2.08. The fourth-order valence-electron chi connectivity index (χ4n) is 2.11. The summed E-state index contributed by atoms with van der Waals surface area (Å²) in [6.07, 6.45) is 5.71. The zero-order valence-electron chi connectivity index (χ0n) is 11.7. The molecule has 96 valence electrons. The molecule has 0 fully saturated rings. The second kappa shape index (κ2) is 5.63. The summed E-state index contributed by atoms with van der Waals surface area (Å²) in [7, 11) is 4.07. The van der Waals surface area contributed by atoms with Gasteiger partial charge in [-0.15, -0.1) is 6.42 Å². The Kier molecular flexibility index (Phi) is 3.92. The van der Waals surface area contributed by atoms with E-state index in [9.17, 15) is 0 Å². The van der Waals surface area contributed by atoms with Crippen molar-refractivity contribution in [1.82, 2.24) is 0 Å². The Bertz CT molecular complexity index is 571. The first-order chi connectivity index (χ1) is 9.11. The predicted octanol–water partition coefficient (Wildman–Crippen LogP) is 3.83. The topological polar surface area (TPSA) is 3.24 Å². The third-order valence-corrected chi connectivity index (χ3v) is 3.32. The summed E-state index contributed by atoms with van der Waals surface area (Å²) < 4.78 is 0. The Morgan fingerprint density at radius 1 is 0.895 bits per heavy atom. The minimum absolute atomic E-state index is 0.0248. The summed E-state index contributed by atoms with van der Waals surface area (Å²) in [5.41, 5.74) is 4.77. The summed E-state index contributed by atoms with van der Waals surface area (Å²) in [5.74, 6) is 2.91. The van der Waals surface area contributed by atoms with Crippen LogP contribution in [0.1, 0.15) is 22.6 Å². The molecule has 0 aliphatic carbocycles. The van der Waals surface area contributed by atoms with E-state index in [-0.39, 0.29) is 5.92 Å². The number of hydrogen-bond acceptors (Lipinski definition) is 1. The SMILES string of the molecule is C#CC(c1ccc(C)cc1)c1ccc(N(C)C)cc1. The maximum atomic E-state index is 5.71. The van der Waals surface area contributed by atoms with Gasteiger partial charge in [0.05, 0.1) is 5.92 Å². The van der Waals surface area contributed by atoms with Crippen LogP contribution in [-0.2, 0) is 0 Å². The van der Waals surface area contributed by atoms with E-state index in [0.29, 0.717) is 0 Å². The lowest BCUT2D eigenvalue weighted by atomic mass is 9.91. The van der Waals surface area contributed by atoms with Crippen molar-refractivity contribution in [3.05, 3.63) is 65.2 Å². The van der Waals surface area contributed by atoms with Crippen LogP contribution in [0.4, 0.5) is 5.69 Å². The van der Waals surface area contributed by atoms with Crippen molar-refractivity contribution in [2.75, 3.05) is 19.0 Å². The Morgan fingerprint density at radius 3 is 1.79 bits per heavy atom. The van der Waals surface area contributed by atoms with Gasteiger partial charge in [-0.05, 0) is 30.2 Å². The van der Waals surface area contributed by atoms with Crippen molar-refractivity contribution >= 4 is 5.69 Å². The van der Waals surface area contributed by atoms with Gasteiger partial charge in [-0.3, -0.25) is 0 Å². The van der Waals surface area contributed by atoms with Crippen molar-refractivity contribution in [2.45, 2.75) is 12.8 Å². The summed E-state index contributed by atoms with van der Waals surface area (Å²) in [5, 5.41) is 0. The fourth-order valence-corrected chi connectivity index (χ4v) is 2.11. The number of benzene rings is 2. The molecular weight excluding hydrogens is 230 g/mol. The van der Waals surface area contributed by atoms with Crippen LogP contribution in [0.15, 0.2) is 48.5 Å². The molecule has 1 heteroatoms. The molecule has 0 saturated carbocycles. The maximum absolute atomic E-state index is 5.71. The molecule has 0 aliphatic rings. The van der Waals surface area contributed by atoms with Gasteiger partial charge in [0.25, 0.3) is 0 Å². The van der Waals surface area contributed by atoms with Gasteiger partial charge in [-0.25, -0.2) is 0 Å². The molecule has 0 spiro atoms. The van der Waals surface area contributed by atoms with Gasteiger partial charge in [0.1, 0.15) is 0 Å². The molecule has 0 aliphatic heterocycles. The smallest absolute Gasteiger partial charge is 0.0699 e. The number of anilines is 1. The van der Waals surface area contributed by atoms with Gasteiger partial charge in [0.2, 0.25) is 0 Å². The lowest BCUT2D eigenvalue weighted by Gasteiger charge is -2.16. The lowest BCUT2D eigenvalue weighted by Crippen LogP contribution is -2.08.